The third-order valence-electron chi connectivity index (χ3n) is 2.94. The molecule has 18 heavy (non-hydrogen) atoms. The third-order valence-corrected chi connectivity index (χ3v) is 2.94. The second kappa shape index (κ2) is 6.26. The van der Waals surface area contributed by atoms with E-state index in [4.69, 9.17) is 0 Å². The summed E-state index contributed by atoms with van der Waals surface area (Å²) < 4.78 is 13.7. The number of likely N-dealkylation sites (N-methyl/N-ethyl adjacent to an activating group) is 1. The molecular weight excluding hydrogens is 227 g/mol. The molecule has 0 radical (unpaired) electrons. The van der Waals surface area contributed by atoms with Gasteiger partial charge in [-0.2, -0.15) is 0 Å². The van der Waals surface area contributed by atoms with E-state index in [-0.39, 0.29) is 11.9 Å². The number of nitrogens with zero attached hydrogens (tertiary/aromatic N) is 1. The Morgan fingerprint density at radius 2 is 1.89 bits per heavy atom. The lowest BCUT2D eigenvalue weighted by atomic mass is 9.99. The van der Waals surface area contributed by atoms with Gasteiger partial charge in [0.2, 0.25) is 0 Å². The summed E-state index contributed by atoms with van der Waals surface area (Å²) >= 11 is 0. The van der Waals surface area contributed by atoms with Crippen LogP contribution in [-0.4, -0.2) is 11.5 Å². The monoisotopic (exact) mass is 244 g/mol. The number of benzene rings is 1. The number of aromatic nitrogens is 1. The van der Waals surface area contributed by atoms with Gasteiger partial charge in [-0.05, 0) is 42.3 Å². The van der Waals surface area contributed by atoms with Crippen LogP contribution >= 0.6 is 0 Å². The van der Waals surface area contributed by atoms with E-state index in [0.29, 0.717) is 6.42 Å². The van der Waals surface area contributed by atoms with Crippen LogP contribution in [-0.2, 0) is 6.42 Å². The van der Waals surface area contributed by atoms with Crippen molar-refractivity contribution < 1.29 is 4.39 Å². The van der Waals surface area contributed by atoms with Gasteiger partial charge in [-0.25, -0.2) is 4.39 Å². The van der Waals surface area contributed by atoms with Crippen molar-refractivity contribution in [2.75, 3.05) is 6.54 Å². The van der Waals surface area contributed by atoms with Crippen LogP contribution < -0.4 is 5.32 Å². The predicted octanol–water partition coefficient (Wildman–Crippen LogP) is 3.11. The lowest BCUT2D eigenvalue weighted by molar-refractivity contribution is 0.527. The van der Waals surface area contributed by atoms with Crippen molar-refractivity contribution in [2.45, 2.75) is 19.4 Å². The first-order valence-corrected chi connectivity index (χ1v) is 6.18. The zero-order valence-electron chi connectivity index (χ0n) is 10.4. The lowest BCUT2D eigenvalue weighted by Crippen LogP contribution is -2.23. The molecule has 2 rings (SSSR count). The fraction of sp³-hybridized carbons (Fsp3) is 0.267. The Balaban J connectivity index is 2.19. The van der Waals surface area contributed by atoms with Crippen LogP contribution in [0, 0.1) is 5.82 Å². The molecule has 0 bridgehead atoms. The topological polar surface area (TPSA) is 24.9 Å². The summed E-state index contributed by atoms with van der Waals surface area (Å²) in [6.07, 6.45) is 4.17. The Bertz CT molecular complexity index is 485. The molecule has 94 valence electrons. The fourth-order valence-corrected chi connectivity index (χ4v) is 2.03. The van der Waals surface area contributed by atoms with E-state index >= 15 is 0 Å². The number of nitrogens with one attached hydrogen (secondary N) is 1. The maximum atomic E-state index is 13.7. The Morgan fingerprint density at radius 1 is 1.17 bits per heavy atom. The molecule has 0 saturated heterocycles. The summed E-state index contributed by atoms with van der Waals surface area (Å²) in [7, 11) is 0. The summed E-state index contributed by atoms with van der Waals surface area (Å²) in [6, 6.07) is 11.0. The van der Waals surface area contributed by atoms with Gasteiger partial charge in [0.25, 0.3) is 0 Å². The Hall–Kier alpha value is -1.74. The molecular formula is C15H17FN2. The highest BCUT2D eigenvalue weighted by Crippen LogP contribution is 2.19. The quantitative estimate of drug-likeness (QED) is 0.874. The SMILES string of the molecule is CCNC(Cc1ccccc1F)c1ccncc1. The summed E-state index contributed by atoms with van der Waals surface area (Å²) in [5.41, 5.74) is 1.87. The minimum absolute atomic E-state index is 0.120. The molecule has 0 aliphatic carbocycles. The molecule has 2 nitrogen and oxygen atoms in total. The highest BCUT2D eigenvalue weighted by atomic mass is 19.1. The van der Waals surface area contributed by atoms with E-state index in [1.54, 1.807) is 18.5 Å². The highest BCUT2D eigenvalue weighted by molar-refractivity contribution is 5.23. The van der Waals surface area contributed by atoms with E-state index in [9.17, 15) is 4.39 Å². The summed E-state index contributed by atoms with van der Waals surface area (Å²) in [6.45, 7) is 2.90. The third kappa shape index (κ3) is 3.14. The van der Waals surface area contributed by atoms with Crippen LogP contribution in [0.25, 0.3) is 0 Å². The van der Waals surface area contributed by atoms with Crippen molar-refractivity contribution in [3.8, 4) is 0 Å². The van der Waals surface area contributed by atoms with Crippen LogP contribution in [0.3, 0.4) is 0 Å². The second-order valence-corrected chi connectivity index (χ2v) is 4.19. The molecule has 1 heterocycles. The van der Waals surface area contributed by atoms with Gasteiger partial charge in [0.05, 0.1) is 0 Å². The molecule has 1 unspecified atom stereocenters. The average molecular weight is 244 g/mol. The van der Waals surface area contributed by atoms with Gasteiger partial charge in [0.15, 0.2) is 0 Å². The Labute approximate surface area is 107 Å². The molecule has 0 saturated carbocycles. The fourth-order valence-electron chi connectivity index (χ4n) is 2.03. The van der Waals surface area contributed by atoms with Crippen LogP contribution in [0.2, 0.25) is 0 Å². The van der Waals surface area contributed by atoms with Crippen molar-refractivity contribution >= 4 is 0 Å². The standard InChI is InChI=1S/C15H17FN2/c1-2-18-15(12-7-9-17-10-8-12)11-13-5-3-4-6-14(13)16/h3-10,15,18H,2,11H2,1H3. The van der Waals surface area contributed by atoms with Gasteiger partial charge in [-0.3, -0.25) is 4.98 Å². The van der Waals surface area contributed by atoms with E-state index in [1.165, 1.54) is 6.07 Å². The van der Waals surface area contributed by atoms with Gasteiger partial charge in [0, 0.05) is 18.4 Å². The second-order valence-electron chi connectivity index (χ2n) is 4.19. The first kappa shape index (κ1) is 12.7. The Kier molecular flexibility index (Phi) is 4.42. The smallest absolute Gasteiger partial charge is 0.126 e. The molecule has 1 aromatic heterocycles. The molecule has 0 aliphatic heterocycles. The number of halogens is 1. The van der Waals surface area contributed by atoms with Crippen molar-refractivity contribution in [3.63, 3.8) is 0 Å². The Morgan fingerprint density at radius 3 is 2.56 bits per heavy atom. The first-order valence-electron chi connectivity index (χ1n) is 6.18. The minimum atomic E-state index is -0.144. The molecule has 2 aromatic rings. The van der Waals surface area contributed by atoms with Gasteiger partial charge < -0.3 is 5.32 Å². The molecule has 0 fully saturated rings. The van der Waals surface area contributed by atoms with E-state index in [1.807, 2.05) is 24.3 Å². The molecule has 3 heteroatoms. The van der Waals surface area contributed by atoms with Crippen LogP contribution in [0.5, 0.6) is 0 Å². The minimum Gasteiger partial charge on any atom is -0.310 e. The van der Waals surface area contributed by atoms with Crippen molar-refractivity contribution in [3.05, 3.63) is 65.7 Å². The zero-order valence-corrected chi connectivity index (χ0v) is 10.4. The maximum absolute atomic E-state index is 13.7. The van der Waals surface area contributed by atoms with Crippen LogP contribution in [0.4, 0.5) is 4.39 Å². The number of rotatable bonds is 5. The normalized spacial score (nSPS) is 12.3. The first-order chi connectivity index (χ1) is 8.81. The summed E-state index contributed by atoms with van der Waals surface area (Å²) in [5, 5.41) is 3.38. The molecule has 1 N–H and O–H groups in total. The highest BCUT2D eigenvalue weighted by Gasteiger charge is 2.12. The van der Waals surface area contributed by atoms with Gasteiger partial charge in [0.1, 0.15) is 5.82 Å². The van der Waals surface area contributed by atoms with Gasteiger partial charge in [-0.15, -0.1) is 0 Å². The molecule has 0 spiro atoms. The average Bonchev–Trinajstić information content (AvgIpc) is 2.42. The number of pyridine rings is 1. The van der Waals surface area contributed by atoms with Crippen LogP contribution in [0.15, 0.2) is 48.8 Å². The van der Waals surface area contributed by atoms with Crippen molar-refractivity contribution in [2.24, 2.45) is 0 Å². The molecule has 1 aromatic carbocycles. The maximum Gasteiger partial charge on any atom is 0.126 e. The zero-order chi connectivity index (χ0) is 12.8. The predicted molar refractivity (Wildman–Crippen MR) is 70.8 cm³/mol. The molecule has 1 atom stereocenters. The van der Waals surface area contributed by atoms with Gasteiger partial charge >= 0.3 is 0 Å². The number of hydrogen-bond acceptors (Lipinski definition) is 2. The molecule has 0 aliphatic rings. The van der Waals surface area contributed by atoms with E-state index in [0.717, 1.165) is 17.7 Å². The van der Waals surface area contributed by atoms with E-state index in [2.05, 4.69) is 17.2 Å². The summed E-state index contributed by atoms with van der Waals surface area (Å²) in [5.74, 6) is -0.144. The summed E-state index contributed by atoms with van der Waals surface area (Å²) in [4.78, 5) is 4.01. The molecule has 0 amide bonds. The number of hydrogen-bond donors (Lipinski definition) is 1. The van der Waals surface area contributed by atoms with E-state index < -0.39 is 0 Å². The lowest BCUT2D eigenvalue weighted by Gasteiger charge is -2.18. The van der Waals surface area contributed by atoms with Crippen molar-refractivity contribution in [1.29, 1.82) is 0 Å². The van der Waals surface area contributed by atoms with Crippen LogP contribution in [0.1, 0.15) is 24.1 Å². The van der Waals surface area contributed by atoms with Crippen molar-refractivity contribution in [1.82, 2.24) is 10.3 Å². The van der Waals surface area contributed by atoms with Gasteiger partial charge in [-0.1, -0.05) is 25.1 Å². The largest absolute Gasteiger partial charge is 0.310 e.